The van der Waals surface area contributed by atoms with Gasteiger partial charge in [0.15, 0.2) is 0 Å². The highest BCUT2D eigenvalue weighted by molar-refractivity contribution is 6.05. The number of aliphatic hydroxyl groups is 1. The van der Waals surface area contributed by atoms with Crippen molar-refractivity contribution in [1.82, 2.24) is 10.2 Å². The molecule has 102 valence electrons. The molecule has 1 aromatic rings. The van der Waals surface area contributed by atoms with Gasteiger partial charge in [0.05, 0.1) is 18.1 Å². The summed E-state index contributed by atoms with van der Waals surface area (Å²) < 4.78 is 0. The van der Waals surface area contributed by atoms with Crippen LogP contribution in [0.4, 0.5) is 0 Å². The van der Waals surface area contributed by atoms with Crippen molar-refractivity contribution in [3.8, 4) is 0 Å². The maximum absolute atomic E-state index is 11.7. The first kappa shape index (κ1) is 13.7. The summed E-state index contributed by atoms with van der Waals surface area (Å²) in [5.74, 6) is -0.435. The highest BCUT2D eigenvalue weighted by atomic mass is 16.3. The summed E-state index contributed by atoms with van der Waals surface area (Å²) in [6.07, 6.45) is 0.153. The number of likely N-dealkylation sites (tertiary alicyclic amines) is 1. The van der Waals surface area contributed by atoms with Crippen LogP contribution in [0.1, 0.15) is 18.9 Å². The molecule has 2 atom stereocenters. The van der Waals surface area contributed by atoms with Crippen molar-refractivity contribution in [3.63, 3.8) is 0 Å². The number of carbonyl (C=O) groups is 2. The van der Waals surface area contributed by atoms with Gasteiger partial charge in [-0.1, -0.05) is 30.3 Å². The lowest BCUT2D eigenvalue weighted by Gasteiger charge is -2.25. The molecule has 1 aliphatic rings. The molecule has 2 N–H and O–H groups in total. The van der Waals surface area contributed by atoms with Gasteiger partial charge >= 0.3 is 0 Å². The minimum Gasteiger partial charge on any atom is -0.384 e. The quantitative estimate of drug-likeness (QED) is 0.763. The van der Waals surface area contributed by atoms with Crippen molar-refractivity contribution in [3.05, 3.63) is 35.9 Å². The molecule has 2 unspecified atom stereocenters. The molecule has 0 aromatic heterocycles. The zero-order valence-electron chi connectivity index (χ0n) is 11.1. The summed E-state index contributed by atoms with van der Waals surface area (Å²) in [5, 5.41) is 13.4. The molecular weight excluding hydrogens is 244 g/mol. The second-order valence-corrected chi connectivity index (χ2v) is 5.07. The number of carbonyl (C=O) groups excluding carboxylic acids is 2. The van der Waals surface area contributed by atoms with Crippen molar-refractivity contribution in [1.29, 1.82) is 0 Å². The highest BCUT2D eigenvalue weighted by Crippen LogP contribution is 2.20. The van der Waals surface area contributed by atoms with E-state index in [1.165, 1.54) is 7.05 Å². The third kappa shape index (κ3) is 2.83. The van der Waals surface area contributed by atoms with Crippen LogP contribution in [0, 0.1) is 0 Å². The molecule has 1 heterocycles. The third-order valence-electron chi connectivity index (χ3n) is 3.47. The Morgan fingerprint density at radius 2 is 2.00 bits per heavy atom. The first-order chi connectivity index (χ1) is 8.92. The van der Waals surface area contributed by atoms with E-state index in [-0.39, 0.29) is 24.8 Å². The fraction of sp³-hybridized carbons (Fsp3) is 0.429. The van der Waals surface area contributed by atoms with Gasteiger partial charge in [0.2, 0.25) is 11.8 Å². The average Bonchev–Trinajstić information content (AvgIpc) is 2.65. The maximum atomic E-state index is 11.7. The Labute approximate surface area is 112 Å². The Kier molecular flexibility index (Phi) is 3.68. The summed E-state index contributed by atoms with van der Waals surface area (Å²) in [6, 6.07) is 8.70. The maximum Gasteiger partial charge on any atom is 0.246 e. The van der Waals surface area contributed by atoms with Gasteiger partial charge < -0.3 is 10.4 Å². The monoisotopic (exact) mass is 262 g/mol. The van der Waals surface area contributed by atoms with Crippen LogP contribution in [0.15, 0.2) is 30.3 Å². The topological polar surface area (TPSA) is 69.6 Å². The first-order valence-corrected chi connectivity index (χ1v) is 6.23. The van der Waals surface area contributed by atoms with Crippen molar-refractivity contribution >= 4 is 11.8 Å². The zero-order chi connectivity index (χ0) is 14.0. The van der Waals surface area contributed by atoms with Crippen molar-refractivity contribution in [2.45, 2.75) is 25.0 Å². The largest absolute Gasteiger partial charge is 0.384 e. The van der Waals surface area contributed by atoms with Crippen LogP contribution in [-0.4, -0.2) is 41.5 Å². The molecule has 1 fully saturated rings. The molecular formula is C14H18N2O3. The third-order valence-corrected chi connectivity index (χ3v) is 3.47. The summed E-state index contributed by atoms with van der Waals surface area (Å²) in [5.41, 5.74) is -0.307. The Morgan fingerprint density at radius 1 is 1.37 bits per heavy atom. The first-order valence-electron chi connectivity index (χ1n) is 6.23. The summed E-state index contributed by atoms with van der Waals surface area (Å²) in [7, 11) is 1.47. The zero-order valence-corrected chi connectivity index (χ0v) is 11.1. The van der Waals surface area contributed by atoms with Gasteiger partial charge in [-0.2, -0.15) is 0 Å². The number of nitrogens with zero attached hydrogens (tertiary/aromatic N) is 1. The van der Waals surface area contributed by atoms with E-state index in [1.54, 1.807) is 6.92 Å². The molecule has 0 spiro atoms. The fourth-order valence-electron chi connectivity index (χ4n) is 2.14. The molecule has 2 amide bonds. The molecule has 0 radical (unpaired) electrons. The van der Waals surface area contributed by atoms with Crippen LogP contribution in [0.3, 0.4) is 0 Å². The molecule has 0 bridgehead atoms. The molecule has 0 aliphatic carbocycles. The summed E-state index contributed by atoms with van der Waals surface area (Å²) in [6.45, 7) is 1.90. The number of nitrogens with one attached hydrogen (secondary N) is 1. The van der Waals surface area contributed by atoms with Crippen LogP contribution < -0.4 is 5.32 Å². The van der Waals surface area contributed by atoms with Gasteiger partial charge in [0.25, 0.3) is 0 Å². The lowest BCUT2D eigenvalue weighted by atomic mass is 9.96. The number of imide groups is 1. The molecule has 1 aromatic carbocycles. The fourth-order valence-corrected chi connectivity index (χ4v) is 2.14. The van der Waals surface area contributed by atoms with E-state index >= 15 is 0 Å². The van der Waals surface area contributed by atoms with E-state index in [9.17, 15) is 14.7 Å². The Balaban J connectivity index is 1.99. The van der Waals surface area contributed by atoms with Crippen LogP contribution in [-0.2, 0) is 15.2 Å². The van der Waals surface area contributed by atoms with Gasteiger partial charge in [-0.15, -0.1) is 0 Å². The van der Waals surface area contributed by atoms with E-state index in [1.807, 2.05) is 30.3 Å². The van der Waals surface area contributed by atoms with E-state index in [2.05, 4.69) is 5.32 Å². The van der Waals surface area contributed by atoms with Crippen LogP contribution in [0.5, 0.6) is 0 Å². The average molecular weight is 262 g/mol. The molecule has 1 aliphatic heterocycles. The molecule has 2 rings (SSSR count). The predicted octanol–water partition coefficient (Wildman–Crippen LogP) is 0.241. The van der Waals surface area contributed by atoms with Crippen molar-refractivity contribution in [2.75, 3.05) is 13.6 Å². The molecule has 5 nitrogen and oxygen atoms in total. The lowest BCUT2D eigenvalue weighted by molar-refractivity contribution is -0.137. The van der Waals surface area contributed by atoms with Crippen LogP contribution in [0.2, 0.25) is 0 Å². The number of hydrogen-bond donors (Lipinski definition) is 2. The Hall–Kier alpha value is -1.72. The Morgan fingerprint density at radius 3 is 2.53 bits per heavy atom. The van der Waals surface area contributed by atoms with Crippen LogP contribution >= 0.6 is 0 Å². The Bertz CT molecular complexity index is 485. The van der Waals surface area contributed by atoms with Crippen molar-refractivity contribution in [2.24, 2.45) is 0 Å². The number of hydrogen-bond acceptors (Lipinski definition) is 4. The van der Waals surface area contributed by atoms with Gasteiger partial charge in [0.1, 0.15) is 0 Å². The van der Waals surface area contributed by atoms with Gasteiger partial charge in [-0.25, -0.2) is 0 Å². The lowest BCUT2D eigenvalue weighted by Crippen LogP contribution is -2.44. The number of likely N-dealkylation sites (N-methyl/N-ethyl adjacent to an activating group) is 1. The molecule has 1 saturated heterocycles. The summed E-state index contributed by atoms with van der Waals surface area (Å²) >= 11 is 0. The van der Waals surface area contributed by atoms with E-state index < -0.39 is 11.6 Å². The normalized spacial score (nSPS) is 22.7. The number of benzene rings is 1. The smallest absolute Gasteiger partial charge is 0.246 e. The minimum atomic E-state index is -1.08. The van der Waals surface area contributed by atoms with Crippen LogP contribution in [0.25, 0.3) is 0 Å². The second kappa shape index (κ2) is 5.11. The van der Waals surface area contributed by atoms with Crippen molar-refractivity contribution < 1.29 is 14.7 Å². The van der Waals surface area contributed by atoms with Gasteiger partial charge in [-0.3, -0.25) is 14.5 Å². The molecule has 19 heavy (non-hydrogen) atoms. The number of amides is 2. The summed E-state index contributed by atoms with van der Waals surface area (Å²) in [4.78, 5) is 24.2. The van der Waals surface area contributed by atoms with E-state index in [0.29, 0.717) is 0 Å². The predicted molar refractivity (Wildman–Crippen MR) is 70.2 cm³/mol. The minimum absolute atomic E-state index is 0.153. The van der Waals surface area contributed by atoms with Gasteiger partial charge in [0, 0.05) is 13.6 Å². The standard InChI is InChI=1S/C14H18N2O3/c1-14(19,10-6-4-3-5-7-10)9-15-11-8-12(17)16(2)13(11)18/h3-7,11,15,19H,8-9H2,1-2H3. The highest BCUT2D eigenvalue weighted by Gasteiger charge is 2.37. The SMILES string of the molecule is CN1C(=O)CC(NCC(C)(O)c2ccccc2)C1=O. The van der Waals surface area contributed by atoms with Gasteiger partial charge in [-0.05, 0) is 12.5 Å². The van der Waals surface area contributed by atoms with E-state index in [4.69, 9.17) is 0 Å². The second-order valence-electron chi connectivity index (χ2n) is 5.07. The molecule has 0 saturated carbocycles. The number of rotatable bonds is 4. The van der Waals surface area contributed by atoms with E-state index in [0.717, 1.165) is 10.5 Å². The molecule has 5 heteroatoms.